The van der Waals surface area contributed by atoms with Crippen LogP contribution in [0.15, 0.2) is 30.3 Å². The maximum absolute atomic E-state index is 12.4. The molecule has 126 valence electrons. The van der Waals surface area contributed by atoms with E-state index in [1.54, 1.807) is 0 Å². The van der Waals surface area contributed by atoms with Gasteiger partial charge in [-0.3, -0.25) is 14.5 Å². The summed E-state index contributed by atoms with van der Waals surface area (Å²) in [5.74, 6) is 0.310. The van der Waals surface area contributed by atoms with E-state index in [2.05, 4.69) is 5.32 Å². The van der Waals surface area contributed by atoms with Crippen LogP contribution in [-0.4, -0.2) is 48.5 Å². The fraction of sp³-hybridized carbons (Fsp3) is 0.529. The summed E-state index contributed by atoms with van der Waals surface area (Å²) in [7, 11) is 0. The Morgan fingerprint density at radius 3 is 2.52 bits per heavy atom. The molecule has 1 aliphatic rings. The molecule has 2 amide bonds. The Morgan fingerprint density at radius 2 is 1.96 bits per heavy atom. The number of benzene rings is 1. The number of rotatable bonds is 7. The Morgan fingerprint density at radius 1 is 1.30 bits per heavy atom. The van der Waals surface area contributed by atoms with Crippen LogP contribution < -0.4 is 15.8 Å². The lowest BCUT2D eigenvalue weighted by Gasteiger charge is -2.32. The van der Waals surface area contributed by atoms with Crippen LogP contribution in [0.2, 0.25) is 0 Å². The van der Waals surface area contributed by atoms with Crippen molar-refractivity contribution in [2.75, 3.05) is 19.6 Å². The fourth-order valence-electron chi connectivity index (χ4n) is 2.74. The molecular weight excluding hydrogens is 294 g/mol. The summed E-state index contributed by atoms with van der Waals surface area (Å²) in [6.45, 7) is 3.76. The number of amides is 2. The number of nitrogens with one attached hydrogen (secondary N) is 1. The molecule has 1 aliphatic heterocycles. The van der Waals surface area contributed by atoms with E-state index in [-0.39, 0.29) is 24.4 Å². The van der Waals surface area contributed by atoms with E-state index >= 15 is 0 Å². The summed E-state index contributed by atoms with van der Waals surface area (Å²) >= 11 is 0. The van der Waals surface area contributed by atoms with Gasteiger partial charge in [0.2, 0.25) is 5.91 Å². The van der Waals surface area contributed by atoms with Crippen molar-refractivity contribution >= 4 is 11.8 Å². The van der Waals surface area contributed by atoms with E-state index in [0.717, 1.165) is 25.9 Å². The predicted molar refractivity (Wildman–Crippen MR) is 87.9 cm³/mol. The van der Waals surface area contributed by atoms with Gasteiger partial charge in [-0.05, 0) is 31.4 Å². The van der Waals surface area contributed by atoms with E-state index < -0.39 is 6.10 Å². The number of piperidine rings is 1. The van der Waals surface area contributed by atoms with E-state index in [0.29, 0.717) is 12.2 Å². The van der Waals surface area contributed by atoms with Crippen LogP contribution in [0.4, 0.5) is 0 Å². The highest BCUT2D eigenvalue weighted by Gasteiger charge is 2.25. The van der Waals surface area contributed by atoms with Gasteiger partial charge in [-0.1, -0.05) is 25.1 Å². The van der Waals surface area contributed by atoms with Gasteiger partial charge in [0.1, 0.15) is 5.75 Å². The van der Waals surface area contributed by atoms with Gasteiger partial charge in [0.05, 0.1) is 6.54 Å². The zero-order valence-corrected chi connectivity index (χ0v) is 13.5. The van der Waals surface area contributed by atoms with Gasteiger partial charge < -0.3 is 15.8 Å². The molecule has 0 unspecified atom stereocenters. The number of hydrogen-bond acceptors (Lipinski definition) is 4. The van der Waals surface area contributed by atoms with Crippen molar-refractivity contribution in [2.24, 2.45) is 5.73 Å². The molecule has 1 aromatic carbocycles. The molecule has 0 spiro atoms. The zero-order chi connectivity index (χ0) is 16.7. The van der Waals surface area contributed by atoms with Gasteiger partial charge in [0, 0.05) is 19.1 Å². The molecule has 0 bridgehead atoms. The summed E-state index contributed by atoms with van der Waals surface area (Å²) in [6.07, 6.45) is 1.77. The molecular formula is C17H25N3O3. The maximum atomic E-state index is 12.4. The number of nitrogens with zero attached hydrogens (tertiary/aromatic N) is 1. The molecule has 1 fully saturated rings. The monoisotopic (exact) mass is 319 g/mol. The molecule has 1 heterocycles. The van der Waals surface area contributed by atoms with Crippen molar-refractivity contribution in [3.63, 3.8) is 0 Å². The second-order valence-corrected chi connectivity index (χ2v) is 5.85. The van der Waals surface area contributed by atoms with Crippen molar-refractivity contribution in [3.05, 3.63) is 30.3 Å². The number of ether oxygens (including phenoxy) is 1. The van der Waals surface area contributed by atoms with Crippen molar-refractivity contribution < 1.29 is 14.3 Å². The molecule has 2 rings (SSSR count). The largest absolute Gasteiger partial charge is 0.481 e. The van der Waals surface area contributed by atoms with E-state index in [1.807, 2.05) is 42.2 Å². The van der Waals surface area contributed by atoms with Crippen LogP contribution in [0.1, 0.15) is 26.2 Å². The molecule has 1 aromatic rings. The third kappa shape index (κ3) is 5.56. The Bertz CT molecular complexity index is 513. The van der Waals surface area contributed by atoms with Crippen LogP contribution in [0.25, 0.3) is 0 Å². The van der Waals surface area contributed by atoms with Gasteiger partial charge in [-0.15, -0.1) is 0 Å². The highest BCUT2D eigenvalue weighted by atomic mass is 16.5. The quantitative estimate of drug-likeness (QED) is 0.782. The van der Waals surface area contributed by atoms with E-state index in [4.69, 9.17) is 10.5 Å². The molecule has 6 nitrogen and oxygen atoms in total. The Labute approximate surface area is 137 Å². The van der Waals surface area contributed by atoms with Crippen molar-refractivity contribution in [3.8, 4) is 5.75 Å². The van der Waals surface area contributed by atoms with Crippen LogP contribution in [0.5, 0.6) is 5.75 Å². The first-order valence-corrected chi connectivity index (χ1v) is 8.11. The highest BCUT2D eigenvalue weighted by molar-refractivity contribution is 5.81. The number of carbonyl (C=O) groups excluding carboxylic acids is 2. The molecule has 6 heteroatoms. The number of likely N-dealkylation sites (tertiary alicyclic amines) is 1. The van der Waals surface area contributed by atoms with Crippen LogP contribution in [0.3, 0.4) is 0 Å². The Hall–Kier alpha value is -2.08. The minimum atomic E-state index is -0.485. The number of carbonyl (C=O) groups is 2. The maximum Gasteiger partial charge on any atom is 0.261 e. The van der Waals surface area contributed by atoms with E-state index in [9.17, 15) is 9.59 Å². The van der Waals surface area contributed by atoms with Crippen molar-refractivity contribution in [2.45, 2.75) is 38.3 Å². The van der Waals surface area contributed by atoms with Gasteiger partial charge in [-0.25, -0.2) is 0 Å². The first kappa shape index (κ1) is 17.3. The summed E-state index contributed by atoms with van der Waals surface area (Å²) < 4.78 is 5.76. The minimum Gasteiger partial charge on any atom is -0.481 e. The predicted octanol–water partition coefficient (Wildman–Crippen LogP) is 0.910. The number of para-hydroxylation sites is 1. The molecule has 1 atom stereocenters. The average Bonchev–Trinajstić information content (AvgIpc) is 2.55. The van der Waals surface area contributed by atoms with Gasteiger partial charge in [-0.2, -0.15) is 0 Å². The second-order valence-electron chi connectivity index (χ2n) is 5.85. The van der Waals surface area contributed by atoms with Gasteiger partial charge in [0.25, 0.3) is 5.91 Å². The van der Waals surface area contributed by atoms with Crippen LogP contribution in [-0.2, 0) is 9.59 Å². The second kappa shape index (κ2) is 8.53. The molecule has 1 saturated heterocycles. The molecule has 0 radical (unpaired) electrons. The molecule has 3 N–H and O–H groups in total. The Kier molecular flexibility index (Phi) is 6.40. The third-order valence-corrected chi connectivity index (χ3v) is 4.00. The standard InChI is InChI=1S/C17H25N3O3/c1-2-15(23-14-6-4-3-5-7-14)17(22)19-13-8-10-20(11-9-13)12-16(18)21/h3-7,13,15H,2,8-12H2,1H3,(H2,18,21)(H,19,22)/t15-/m0/s1. The smallest absolute Gasteiger partial charge is 0.261 e. The average molecular weight is 319 g/mol. The van der Waals surface area contributed by atoms with Crippen molar-refractivity contribution in [1.82, 2.24) is 10.2 Å². The summed E-state index contributed by atoms with van der Waals surface area (Å²) in [5.41, 5.74) is 5.20. The lowest BCUT2D eigenvalue weighted by molar-refractivity contribution is -0.129. The Balaban J connectivity index is 1.80. The number of primary amides is 1. The highest BCUT2D eigenvalue weighted by Crippen LogP contribution is 2.14. The topological polar surface area (TPSA) is 84.7 Å². The number of nitrogens with two attached hydrogens (primary N) is 1. The number of hydrogen-bond donors (Lipinski definition) is 2. The van der Waals surface area contributed by atoms with Crippen LogP contribution in [0, 0.1) is 0 Å². The van der Waals surface area contributed by atoms with Gasteiger partial charge in [0.15, 0.2) is 6.10 Å². The summed E-state index contributed by atoms with van der Waals surface area (Å²) in [4.78, 5) is 25.3. The van der Waals surface area contributed by atoms with E-state index in [1.165, 1.54) is 0 Å². The SMILES string of the molecule is CC[C@H](Oc1ccccc1)C(=O)NC1CCN(CC(N)=O)CC1. The summed E-state index contributed by atoms with van der Waals surface area (Å²) in [6, 6.07) is 9.49. The molecule has 0 aliphatic carbocycles. The first-order chi connectivity index (χ1) is 11.1. The summed E-state index contributed by atoms with van der Waals surface area (Å²) in [5, 5.41) is 3.06. The molecule has 0 saturated carbocycles. The molecule has 23 heavy (non-hydrogen) atoms. The minimum absolute atomic E-state index is 0.0790. The lowest BCUT2D eigenvalue weighted by Crippen LogP contribution is -2.49. The van der Waals surface area contributed by atoms with Crippen LogP contribution >= 0.6 is 0 Å². The fourth-order valence-corrected chi connectivity index (χ4v) is 2.74. The zero-order valence-electron chi connectivity index (χ0n) is 13.5. The third-order valence-electron chi connectivity index (χ3n) is 4.00. The lowest BCUT2D eigenvalue weighted by atomic mass is 10.0. The molecule has 0 aromatic heterocycles. The first-order valence-electron chi connectivity index (χ1n) is 8.11. The van der Waals surface area contributed by atoms with Crippen molar-refractivity contribution in [1.29, 1.82) is 0 Å². The normalized spacial score (nSPS) is 17.4. The van der Waals surface area contributed by atoms with Gasteiger partial charge >= 0.3 is 0 Å².